The molecule has 41 heavy (non-hydrogen) atoms. The van der Waals surface area contributed by atoms with Gasteiger partial charge in [-0.05, 0) is 51.2 Å². The van der Waals surface area contributed by atoms with Gasteiger partial charge in [0.2, 0.25) is 5.71 Å². The molecule has 0 radical (unpaired) electrons. The molecule has 2 aromatic heterocycles. The number of hydrogen-bond donors (Lipinski definition) is 0. The SMILES string of the molecule is c1ccc(-c2cccc(-c3nc(-c4cccc(-c5cccc6ccccc56)c4)nc4oc5ccccc5c34)c2)cc1. The molecule has 2 heterocycles. The normalized spacial score (nSPS) is 11.4. The molecule has 8 rings (SSSR count). The van der Waals surface area contributed by atoms with Crippen LogP contribution in [0.25, 0.3) is 77.7 Å². The third kappa shape index (κ3) is 4.07. The highest BCUT2D eigenvalue weighted by molar-refractivity contribution is 6.10. The van der Waals surface area contributed by atoms with Crippen molar-refractivity contribution in [2.24, 2.45) is 0 Å². The molecular formula is C38H24N2O. The summed E-state index contributed by atoms with van der Waals surface area (Å²) in [5.74, 6) is 0.638. The van der Waals surface area contributed by atoms with Crippen molar-refractivity contribution in [3.63, 3.8) is 0 Å². The zero-order valence-electron chi connectivity index (χ0n) is 22.2. The van der Waals surface area contributed by atoms with E-state index in [0.29, 0.717) is 11.5 Å². The van der Waals surface area contributed by atoms with E-state index in [2.05, 4.69) is 121 Å². The van der Waals surface area contributed by atoms with Crippen LogP contribution in [0.1, 0.15) is 0 Å². The minimum atomic E-state index is 0.590. The highest BCUT2D eigenvalue weighted by Gasteiger charge is 2.19. The first-order chi connectivity index (χ1) is 20.3. The van der Waals surface area contributed by atoms with Crippen molar-refractivity contribution in [3.8, 4) is 44.9 Å². The minimum absolute atomic E-state index is 0.590. The second-order valence-corrected chi connectivity index (χ2v) is 10.2. The Morgan fingerprint density at radius 3 is 1.98 bits per heavy atom. The number of furan rings is 1. The Morgan fingerprint density at radius 2 is 1.07 bits per heavy atom. The zero-order chi connectivity index (χ0) is 27.2. The molecule has 0 saturated heterocycles. The van der Waals surface area contributed by atoms with E-state index in [1.54, 1.807) is 0 Å². The Balaban J connectivity index is 1.34. The summed E-state index contributed by atoms with van der Waals surface area (Å²) in [6, 6.07) is 50.5. The molecule has 192 valence electrons. The van der Waals surface area contributed by atoms with Crippen molar-refractivity contribution in [3.05, 3.63) is 146 Å². The van der Waals surface area contributed by atoms with Crippen LogP contribution in [0.5, 0.6) is 0 Å². The van der Waals surface area contributed by atoms with Crippen LogP contribution < -0.4 is 0 Å². The van der Waals surface area contributed by atoms with Crippen molar-refractivity contribution >= 4 is 32.8 Å². The summed E-state index contributed by atoms with van der Waals surface area (Å²) >= 11 is 0. The molecule has 0 N–H and O–H groups in total. The van der Waals surface area contributed by atoms with Crippen LogP contribution in [0.4, 0.5) is 0 Å². The second kappa shape index (κ2) is 9.58. The number of hydrogen-bond acceptors (Lipinski definition) is 3. The van der Waals surface area contributed by atoms with Gasteiger partial charge in [0.1, 0.15) is 5.58 Å². The lowest BCUT2D eigenvalue weighted by molar-refractivity contribution is 0.653. The van der Waals surface area contributed by atoms with Crippen LogP contribution in [-0.2, 0) is 0 Å². The topological polar surface area (TPSA) is 38.9 Å². The number of nitrogens with zero attached hydrogens (tertiary/aromatic N) is 2. The van der Waals surface area contributed by atoms with Gasteiger partial charge >= 0.3 is 0 Å². The molecule has 0 fully saturated rings. The third-order valence-corrected chi connectivity index (χ3v) is 7.70. The average molecular weight is 525 g/mol. The molecule has 0 saturated carbocycles. The van der Waals surface area contributed by atoms with Gasteiger partial charge in [-0.2, -0.15) is 4.98 Å². The molecule has 0 spiro atoms. The zero-order valence-corrected chi connectivity index (χ0v) is 22.2. The molecule has 8 aromatic rings. The van der Waals surface area contributed by atoms with Crippen LogP contribution in [0.3, 0.4) is 0 Å². The molecule has 0 aliphatic carbocycles. The van der Waals surface area contributed by atoms with Crippen LogP contribution in [0.2, 0.25) is 0 Å². The summed E-state index contributed by atoms with van der Waals surface area (Å²) in [5, 5.41) is 4.38. The van der Waals surface area contributed by atoms with E-state index in [-0.39, 0.29) is 0 Å². The summed E-state index contributed by atoms with van der Waals surface area (Å²) in [5.41, 5.74) is 8.84. The first-order valence-electron chi connectivity index (χ1n) is 13.8. The van der Waals surface area contributed by atoms with Crippen LogP contribution in [0, 0.1) is 0 Å². The predicted octanol–water partition coefficient (Wildman–Crippen LogP) is 10.2. The smallest absolute Gasteiger partial charge is 0.231 e. The molecule has 3 nitrogen and oxygen atoms in total. The van der Waals surface area contributed by atoms with Crippen molar-refractivity contribution in [2.45, 2.75) is 0 Å². The number of aromatic nitrogens is 2. The summed E-state index contributed by atoms with van der Waals surface area (Å²) in [6.45, 7) is 0. The van der Waals surface area contributed by atoms with Crippen molar-refractivity contribution < 1.29 is 4.42 Å². The van der Waals surface area contributed by atoms with E-state index in [0.717, 1.165) is 44.3 Å². The van der Waals surface area contributed by atoms with Crippen molar-refractivity contribution in [1.29, 1.82) is 0 Å². The lowest BCUT2D eigenvalue weighted by Crippen LogP contribution is -1.94. The second-order valence-electron chi connectivity index (χ2n) is 10.2. The molecule has 0 aliphatic heterocycles. The number of benzene rings is 6. The van der Waals surface area contributed by atoms with E-state index < -0.39 is 0 Å². The number of para-hydroxylation sites is 1. The Labute approximate surface area is 237 Å². The molecule has 0 atom stereocenters. The third-order valence-electron chi connectivity index (χ3n) is 7.70. The number of fused-ring (bicyclic) bond motifs is 4. The van der Waals surface area contributed by atoms with E-state index in [9.17, 15) is 0 Å². The van der Waals surface area contributed by atoms with E-state index >= 15 is 0 Å². The minimum Gasteiger partial charge on any atom is -0.438 e. The summed E-state index contributed by atoms with van der Waals surface area (Å²) < 4.78 is 6.31. The van der Waals surface area contributed by atoms with Gasteiger partial charge < -0.3 is 4.42 Å². The van der Waals surface area contributed by atoms with Crippen LogP contribution in [0.15, 0.2) is 150 Å². The lowest BCUT2D eigenvalue weighted by atomic mass is 9.96. The van der Waals surface area contributed by atoms with Gasteiger partial charge in [0.15, 0.2) is 5.82 Å². The Hall–Kier alpha value is -5.54. The van der Waals surface area contributed by atoms with Gasteiger partial charge in [0.25, 0.3) is 0 Å². The highest BCUT2D eigenvalue weighted by Crippen LogP contribution is 2.38. The van der Waals surface area contributed by atoms with Crippen molar-refractivity contribution in [2.75, 3.05) is 0 Å². The maximum absolute atomic E-state index is 6.31. The van der Waals surface area contributed by atoms with Crippen molar-refractivity contribution in [1.82, 2.24) is 9.97 Å². The van der Waals surface area contributed by atoms with Gasteiger partial charge in [-0.25, -0.2) is 4.98 Å². The largest absolute Gasteiger partial charge is 0.438 e. The van der Waals surface area contributed by atoms with Gasteiger partial charge in [0, 0.05) is 16.5 Å². The van der Waals surface area contributed by atoms with E-state index in [4.69, 9.17) is 14.4 Å². The van der Waals surface area contributed by atoms with Gasteiger partial charge in [-0.3, -0.25) is 0 Å². The first-order valence-corrected chi connectivity index (χ1v) is 13.8. The summed E-state index contributed by atoms with van der Waals surface area (Å²) in [7, 11) is 0. The van der Waals surface area contributed by atoms with E-state index in [1.807, 2.05) is 24.3 Å². The van der Waals surface area contributed by atoms with E-state index in [1.165, 1.54) is 21.9 Å². The standard InChI is InChI=1S/C38H24N2O/c1-2-11-25(12-3-1)27-15-8-17-29(23-27)36-35-33-20-6-7-22-34(33)41-38(35)40-37(39-36)30-18-9-16-28(24-30)32-21-10-14-26-13-4-5-19-31(26)32/h1-24H. The predicted molar refractivity (Wildman–Crippen MR) is 169 cm³/mol. The molecular weight excluding hydrogens is 500 g/mol. The maximum atomic E-state index is 6.31. The molecule has 3 heteroatoms. The fourth-order valence-corrected chi connectivity index (χ4v) is 5.74. The van der Waals surface area contributed by atoms with Gasteiger partial charge in [-0.1, -0.05) is 127 Å². The Morgan fingerprint density at radius 1 is 0.439 bits per heavy atom. The Bertz CT molecular complexity index is 2210. The fraction of sp³-hybridized carbons (Fsp3) is 0. The van der Waals surface area contributed by atoms with Gasteiger partial charge in [0.05, 0.1) is 11.1 Å². The molecule has 0 aliphatic rings. The summed E-state index contributed by atoms with van der Waals surface area (Å²) in [6.07, 6.45) is 0. The molecule has 0 unspecified atom stereocenters. The maximum Gasteiger partial charge on any atom is 0.231 e. The van der Waals surface area contributed by atoms with Crippen LogP contribution >= 0.6 is 0 Å². The average Bonchev–Trinajstić information content (AvgIpc) is 3.43. The lowest BCUT2D eigenvalue weighted by Gasteiger charge is -2.11. The molecule has 6 aromatic carbocycles. The highest BCUT2D eigenvalue weighted by atomic mass is 16.3. The van der Waals surface area contributed by atoms with Crippen LogP contribution in [-0.4, -0.2) is 9.97 Å². The van der Waals surface area contributed by atoms with Gasteiger partial charge in [-0.15, -0.1) is 0 Å². The first kappa shape index (κ1) is 23.4. The fourth-order valence-electron chi connectivity index (χ4n) is 5.74. The quantitative estimate of drug-likeness (QED) is 0.230. The monoisotopic (exact) mass is 524 g/mol. The Kier molecular flexibility index (Phi) is 5.46. The number of rotatable bonds is 4. The summed E-state index contributed by atoms with van der Waals surface area (Å²) in [4.78, 5) is 10.2. The molecule has 0 amide bonds. The molecule has 0 bridgehead atoms.